The molecule has 4 rings (SSSR count). The molecule has 2 aromatic carbocycles. The predicted octanol–water partition coefficient (Wildman–Crippen LogP) is 3.59. The van der Waals surface area contributed by atoms with Crippen molar-refractivity contribution in [3.63, 3.8) is 0 Å². The Hall–Kier alpha value is -3.86. The average Bonchev–Trinajstić information content (AvgIpc) is 3.22. The number of aromatic nitrogens is 3. The Morgan fingerprint density at radius 3 is 2.60 bits per heavy atom. The fourth-order valence-electron chi connectivity index (χ4n) is 3.68. The fourth-order valence-corrected chi connectivity index (χ4v) is 4.56. The van der Waals surface area contributed by atoms with Gasteiger partial charge in [-0.15, -0.1) is 10.2 Å². The second-order valence-electron chi connectivity index (χ2n) is 7.55. The van der Waals surface area contributed by atoms with E-state index in [4.69, 9.17) is 9.47 Å². The molecular weight excluding hydrogens is 473 g/mol. The molecule has 0 saturated carbocycles. The minimum absolute atomic E-state index is 0.182. The van der Waals surface area contributed by atoms with Gasteiger partial charge in [0.1, 0.15) is 11.6 Å². The summed E-state index contributed by atoms with van der Waals surface area (Å²) in [5.41, 5.74) is 1.72. The third-order valence-corrected chi connectivity index (χ3v) is 6.44. The zero-order chi connectivity index (χ0) is 24.9. The number of hydrogen-bond acceptors (Lipinski definition) is 7. The van der Waals surface area contributed by atoms with Gasteiger partial charge in [-0.3, -0.25) is 0 Å². The van der Waals surface area contributed by atoms with Gasteiger partial charge < -0.3 is 24.7 Å². The summed E-state index contributed by atoms with van der Waals surface area (Å²) < 4.78 is 26.4. The second kappa shape index (κ2) is 10.6. The van der Waals surface area contributed by atoms with Crippen molar-refractivity contribution in [1.82, 2.24) is 25.4 Å². The number of benzene rings is 2. The van der Waals surface area contributed by atoms with Crippen LogP contribution in [0.2, 0.25) is 0 Å². The number of halogens is 1. The van der Waals surface area contributed by atoms with Crippen molar-refractivity contribution < 1.29 is 23.5 Å². The average molecular weight is 498 g/mol. The van der Waals surface area contributed by atoms with E-state index in [1.807, 2.05) is 0 Å². The SMILES string of the molecule is CCOC(=O)C1=C(CSc2nnc(-c3ccccc3F)n2C)NC(=O)NC1c1ccc(OC)cc1. The lowest BCUT2D eigenvalue weighted by Crippen LogP contribution is -2.46. The number of nitrogens with one attached hydrogen (secondary N) is 2. The van der Waals surface area contributed by atoms with Gasteiger partial charge in [-0.1, -0.05) is 36.0 Å². The summed E-state index contributed by atoms with van der Waals surface area (Å²) in [5, 5.41) is 14.3. The summed E-state index contributed by atoms with van der Waals surface area (Å²) in [6.45, 7) is 1.90. The molecule has 0 spiro atoms. The third-order valence-electron chi connectivity index (χ3n) is 5.39. The minimum atomic E-state index is -0.710. The summed E-state index contributed by atoms with van der Waals surface area (Å²) >= 11 is 1.26. The quantitative estimate of drug-likeness (QED) is 0.362. The van der Waals surface area contributed by atoms with Gasteiger partial charge in [0, 0.05) is 18.5 Å². The van der Waals surface area contributed by atoms with E-state index >= 15 is 0 Å². The normalized spacial score (nSPS) is 15.4. The molecule has 1 unspecified atom stereocenters. The Labute approximate surface area is 205 Å². The zero-order valence-electron chi connectivity index (χ0n) is 19.4. The first-order valence-electron chi connectivity index (χ1n) is 10.8. The Morgan fingerprint density at radius 1 is 1.17 bits per heavy atom. The Morgan fingerprint density at radius 2 is 1.91 bits per heavy atom. The molecule has 1 aromatic heterocycles. The van der Waals surface area contributed by atoms with Crippen LogP contribution in [0.3, 0.4) is 0 Å². The maximum atomic E-state index is 14.2. The van der Waals surface area contributed by atoms with Gasteiger partial charge in [-0.05, 0) is 36.8 Å². The zero-order valence-corrected chi connectivity index (χ0v) is 20.2. The van der Waals surface area contributed by atoms with Crippen LogP contribution in [0, 0.1) is 5.82 Å². The van der Waals surface area contributed by atoms with Gasteiger partial charge in [0.05, 0.1) is 30.9 Å². The molecule has 3 aromatic rings. The molecule has 2 N–H and O–H groups in total. The van der Waals surface area contributed by atoms with Crippen LogP contribution in [0.1, 0.15) is 18.5 Å². The highest BCUT2D eigenvalue weighted by Crippen LogP contribution is 2.32. The number of esters is 1. The van der Waals surface area contributed by atoms with Crippen LogP contribution in [0.25, 0.3) is 11.4 Å². The molecule has 0 radical (unpaired) electrons. The molecule has 9 nitrogen and oxygen atoms in total. The largest absolute Gasteiger partial charge is 0.497 e. The third kappa shape index (κ3) is 5.14. The molecular formula is C24H24FN5O4S. The Kier molecular flexibility index (Phi) is 7.35. The van der Waals surface area contributed by atoms with Crippen LogP contribution in [-0.2, 0) is 16.6 Å². The Bertz CT molecular complexity index is 1280. The Balaban J connectivity index is 1.65. The number of carbonyl (C=O) groups excluding carboxylic acids is 2. The molecule has 182 valence electrons. The highest BCUT2D eigenvalue weighted by Gasteiger charge is 2.34. The summed E-state index contributed by atoms with van der Waals surface area (Å²) in [6.07, 6.45) is 0. The molecule has 1 aliphatic rings. The van der Waals surface area contributed by atoms with Crippen LogP contribution < -0.4 is 15.4 Å². The number of carbonyl (C=O) groups is 2. The van der Waals surface area contributed by atoms with Crippen LogP contribution in [0.15, 0.2) is 65.0 Å². The van der Waals surface area contributed by atoms with Crippen LogP contribution >= 0.6 is 11.8 Å². The lowest BCUT2D eigenvalue weighted by molar-refractivity contribution is -0.139. The molecule has 1 atom stereocenters. The van der Waals surface area contributed by atoms with Crippen molar-refractivity contribution in [3.05, 3.63) is 71.2 Å². The van der Waals surface area contributed by atoms with Gasteiger partial charge in [0.15, 0.2) is 11.0 Å². The lowest BCUT2D eigenvalue weighted by Gasteiger charge is -2.29. The monoisotopic (exact) mass is 497 g/mol. The van der Waals surface area contributed by atoms with E-state index in [9.17, 15) is 14.0 Å². The summed E-state index contributed by atoms with van der Waals surface area (Å²) in [7, 11) is 3.29. The predicted molar refractivity (Wildman–Crippen MR) is 128 cm³/mol. The molecule has 11 heteroatoms. The fraction of sp³-hybridized carbons (Fsp3) is 0.250. The molecule has 2 amide bonds. The maximum absolute atomic E-state index is 14.2. The maximum Gasteiger partial charge on any atom is 0.338 e. The first-order valence-corrected chi connectivity index (χ1v) is 11.8. The van der Waals surface area contributed by atoms with E-state index in [0.29, 0.717) is 39.1 Å². The first kappa shape index (κ1) is 24.3. The molecule has 0 fully saturated rings. The first-order chi connectivity index (χ1) is 16.9. The number of nitrogens with zero attached hydrogens (tertiary/aromatic N) is 3. The molecule has 1 aliphatic heterocycles. The van der Waals surface area contributed by atoms with Crippen molar-refractivity contribution in [1.29, 1.82) is 0 Å². The van der Waals surface area contributed by atoms with Crippen LogP contribution in [0.4, 0.5) is 9.18 Å². The second-order valence-corrected chi connectivity index (χ2v) is 8.49. The van der Waals surface area contributed by atoms with E-state index in [-0.39, 0.29) is 12.4 Å². The van der Waals surface area contributed by atoms with E-state index in [0.717, 1.165) is 0 Å². The standard InChI is InChI=1S/C24H24FN5O4S/c1-4-34-22(31)19-18(26-23(32)27-20(19)14-9-11-15(33-3)12-10-14)13-35-24-29-28-21(30(24)2)16-7-5-6-8-17(16)25/h5-12,20H,4,13H2,1-3H3,(H2,26,27,32). The molecule has 35 heavy (non-hydrogen) atoms. The summed E-state index contributed by atoms with van der Waals surface area (Å²) in [5.74, 6) is 0.286. The van der Waals surface area contributed by atoms with E-state index in [2.05, 4.69) is 20.8 Å². The topological polar surface area (TPSA) is 107 Å². The van der Waals surface area contributed by atoms with E-state index in [1.54, 1.807) is 68.1 Å². The van der Waals surface area contributed by atoms with Gasteiger partial charge >= 0.3 is 12.0 Å². The number of urea groups is 1. The number of amides is 2. The van der Waals surface area contributed by atoms with Crippen molar-refractivity contribution >= 4 is 23.8 Å². The van der Waals surface area contributed by atoms with Crippen molar-refractivity contribution in [2.45, 2.75) is 18.1 Å². The van der Waals surface area contributed by atoms with Gasteiger partial charge in [0.25, 0.3) is 0 Å². The number of hydrogen-bond donors (Lipinski definition) is 2. The highest BCUT2D eigenvalue weighted by molar-refractivity contribution is 7.99. The van der Waals surface area contributed by atoms with Crippen molar-refractivity contribution in [3.8, 4) is 17.1 Å². The van der Waals surface area contributed by atoms with Crippen LogP contribution in [-0.4, -0.2) is 46.2 Å². The van der Waals surface area contributed by atoms with Gasteiger partial charge in [-0.25, -0.2) is 14.0 Å². The van der Waals surface area contributed by atoms with Gasteiger partial charge in [-0.2, -0.15) is 0 Å². The van der Waals surface area contributed by atoms with Crippen LogP contribution in [0.5, 0.6) is 5.75 Å². The molecule has 0 saturated heterocycles. The van der Waals surface area contributed by atoms with Crippen molar-refractivity contribution in [2.24, 2.45) is 7.05 Å². The molecule has 0 bridgehead atoms. The minimum Gasteiger partial charge on any atom is -0.497 e. The summed E-state index contributed by atoms with van der Waals surface area (Å²) in [4.78, 5) is 25.4. The number of methoxy groups -OCH3 is 1. The van der Waals surface area contributed by atoms with E-state index < -0.39 is 23.9 Å². The number of rotatable bonds is 8. The highest BCUT2D eigenvalue weighted by atomic mass is 32.2. The number of ether oxygens (including phenoxy) is 2. The number of thioether (sulfide) groups is 1. The van der Waals surface area contributed by atoms with E-state index in [1.165, 1.54) is 17.8 Å². The molecule has 2 heterocycles. The van der Waals surface area contributed by atoms with Gasteiger partial charge in [0.2, 0.25) is 0 Å². The lowest BCUT2D eigenvalue weighted by atomic mass is 9.95. The van der Waals surface area contributed by atoms with Crippen molar-refractivity contribution in [2.75, 3.05) is 19.5 Å². The smallest absolute Gasteiger partial charge is 0.338 e. The molecule has 0 aliphatic carbocycles. The summed E-state index contributed by atoms with van der Waals surface area (Å²) in [6, 6.07) is 12.2.